The van der Waals surface area contributed by atoms with Crippen molar-refractivity contribution in [3.8, 4) is 0 Å². The number of rotatable bonds is 7. The van der Waals surface area contributed by atoms with Crippen molar-refractivity contribution in [3.63, 3.8) is 0 Å². The first-order chi connectivity index (χ1) is 9.88. The summed E-state index contributed by atoms with van der Waals surface area (Å²) < 4.78 is 26.8. The molecule has 0 saturated heterocycles. The number of carbonyl (C=O) groups is 1. The van der Waals surface area contributed by atoms with Gasteiger partial charge in [-0.25, -0.2) is 13.1 Å². The highest BCUT2D eigenvalue weighted by atomic mass is 35.5. The molecule has 6 nitrogen and oxygen atoms in total. The van der Waals surface area contributed by atoms with Gasteiger partial charge in [0.25, 0.3) is 5.91 Å². The molecule has 0 radical (unpaired) electrons. The second kappa shape index (κ2) is 7.92. The number of benzene rings is 1. The molecule has 8 heteroatoms. The highest BCUT2D eigenvalue weighted by molar-refractivity contribution is 7.89. The minimum Gasteiger partial charge on any atom is -0.352 e. The number of hydrogen-bond acceptors (Lipinski definition) is 4. The molecule has 1 amide bonds. The first kappa shape index (κ1) is 18.9. The summed E-state index contributed by atoms with van der Waals surface area (Å²) in [4.78, 5) is 12.1. The Morgan fingerprint density at radius 2 is 2.09 bits per heavy atom. The Morgan fingerprint density at radius 3 is 2.68 bits per heavy atom. The molecule has 1 fully saturated rings. The molecule has 1 aromatic carbocycles. The van der Waals surface area contributed by atoms with E-state index in [2.05, 4.69) is 10.0 Å². The molecule has 124 valence electrons. The average molecular weight is 348 g/mol. The van der Waals surface area contributed by atoms with Gasteiger partial charge >= 0.3 is 0 Å². The number of hydrogen-bond donors (Lipinski definition) is 3. The number of halogens is 1. The van der Waals surface area contributed by atoms with Crippen molar-refractivity contribution in [3.05, 3.63) is 29.8 Å². The highest BCUT2D eigenvalue weighted by Gasteiger charge is 2.28. The van der Waals surface area contributed by atoms with Gasteiger partial charge < -0.3 is 11.1 Å². The number of carbonyl (C=O) groups excluding carboxylic acids is 1. The van der Waals surface area contributed by atoms with Crippen molar-refractivity contribution >= 4 is 28.3 Å². The van der Waals surface area contributed by atoms with Crippen molar-refractivity contribution < 1.29 is 13.2 Å². The van der Waals surface area contributed by atoms with Crippen LogP contribution in [0, 0.1) is 0 Å². The molecule has 1 aliphatic rings. The van der Waals surface area contributed by atoms with Crippen LogP contribution in [0.3, 0.4) is 0 Å². The molecular formula is C14H22ClN3O3S. The summed E-state index contributed by atoms with van der Waals surface area (Å²) in [6.45, 7) is 2.33. The summed E-state index contributed by atoms with van der Waals surface area (Å²) in [7, 11) is -3.54. The lowest BCUT2D eigenvalue weighted by Gasteiger charge is -2.09. The molecule has 1 atom stereocenters. The smallest absolute Gasteiger partial charge is 0.251 e. The fraction of sp³-hybridized carbons (Fsp3) is 0.500. The first-order valence-electron chi connectivity index (χ1n) is 7.04. The molecule has 1 saturated carbocycles. The zero-order valence-corrected chi connectivity index (χ0v) is 14.0. The SMILES string of the molecule is CC(N)CCNC(=O)c1cccc(S(=O)(=O)NC2CC2)c1.Cl. The predicted octanol–water partition coefficient (Wildman–Crippen LogP) is 1.02. The summed E-state index contributed by atoms with van der Waals surface area (Å²) in [5, 5.41) is 2.73. The maximum Gasteiger partial charge on any atom is 0.251 e. The maximum atomic E-state index is 12.1. The highest BCUT2D eigenvalue weighted by Crippen LogP contribution is 2.22. The quantitative estimate of drug-likeness (QED) is 0.685. The van der Waals surface area contributed by atoms with Crippen LogP contribution in [0.1, 0.15) is 36.5 Å². The number of nitrogens with one attached hydrogen (secondary N) is 2. The topological polar surface area (TPSA) is 101 Å². The lowest BCUT2D eigenvalue weighted by atomic mass is 10.2. The molecule has 1 aliphatic carbocycles. The lowest BCUT2D eigenvalue weighted by Crippen LogP contribution is -2.29. The van der Waals surface area contributed by atoms with E-state index in [1.165, 1.54) is 12.1 Å². The first-order valence-corrected chi connectivity index (χ1v) is 8.53. The van der Waals surface area contributed by atoms with Gasteiger partial charge in [0.1, 0.15) is 0 Å². The van der Waals surface area contributed by atoms with Crippen molar-refractivity contribution in [1.29, 1.82) is 0 Å². The van der Waals surface area contributed by atoms with Crippen LogP contribution in [0.5, 0.6) is 0 Å². The van der Waals surface area contributed by atoms with Crippen molar-refractivity contribution in [2.75, 3.05) is 6.54 Å². The van der Waals surface area contributed by atoms with E-state index in [0.717, 1.165) is 12.8 Å². The Bertz CT molecular complexity index is 616. The van der Waals surface area contributed by atoms with Gasteiger partial charge in [0.15, 0.2) is 0 Å². The van der Waals surface area contributed by atoms with Crippen LogP contribution < -0.4 is 15.8 Å². The third-order valence-electron chi connectivity index (χ3n) is 3.19. The van der Waals surface area contributed by atoms with Crippen molar-refractivity contribution in [2.45, 2.75) is 43.2 Å². The van der Waals surface area contributed by atoms with Crippen LogP contribution in [-0.2, 0) is 10.0 Å². The summed E-state index contributed by atoms with van der Waals surface area (Å²) in [5.74, 6) is -0.292. The van der Waals surface area contributed by atoms with Crippen LogP contribution in [0.15, 0.2) is 29.2 Å². The van der Waals surface area contributed by atoms with E-state index in [4.69, 9.17) is 5.73 Å². The van der Waals surface area contributed by atoms with Gasteiger partial charge in [-0.2, -0.15) is 0 Å². The van der Waals surface area contributed by atoms with Crippen LogP contribution in [0.2, 0.25) is 0 Å². The summed E-state index contributed by atoms with van der Waals surface area (Å²) in [6.07, 6.45) is 2.42. The molecule has 1 aromatic rings. The Hall–Kier alpha value is -1.15. The van der Waals surface area contributed by atoms with Gasteiger partial charge in [0.2, 0.25) is 10.0 Å². The predicted molar refractivity (Wildman–Crippen MR) is 87.6 cm³/mol. The number of sulfonamides is 1. The minimum absolute atomic E-state index is 0. The zero-order chi connectivity index (χ0) is 15.5. The Balaban J connectivity index is 0.00000242. The van der Waals surface area contributed by atoms with E-state index in [0.29, 0.717) is 18.5 Å². The van der Waals surface area contributed by atoms with Gasteiger partial charge in [-0.3, -0.25) is 4.79 Å². The van der Waals surface area contributed by atoms with E-state index >= 15 is 0 Å². The van der Waals surface area contributed by atoms with E-state index < -0.39 is 10.0 Å². The minimum atomic E-state index is -3.54. The van der Waals surface area contributed by atoms with Gasteiger partial charge in [-0.1, -0.05) is 6.07 Å². The zero-order valence-electron chi connectivity index (χ0n) is 12.4. The average Bonchev–Trinajstić information content (AvgIpc) is 3.21. The molecule has 2 rings (SSSR count). The fourth-order valence-electron chi connectivity index (χ4n) is 1.81. The third kappa shape index (κ3) is 5.57. The van der Waals surface area contributed by atoms with Crippen molar-refractivity contribution in [2.24, 2.45) is 5.73 Å². The van der Waals surface area contributed by atoms with Crippen LogP contribution >= 0.6 is 12.4 Å². The molecule has 0 bridgehead atoms. The Kier molecular flexibility index (Phi) is 6.80. The van der Waals surface area contributed by atoms with Gasteiger partial charge in [-0.15, -0.1) is 12.4 Å². The second-order valence-corrected chi connectivity index (χ2v) is 7.16. The van der Waals surface area contributed by atoms with E-state index in [1.807, 2.05) is 6.92 Å². The maximum absolute atomic E-state index is 12.1. The standard InChI is InChI=1S/C14H21N3O3S.ClH/c1-10(15)7-8-16-14(18)11-3-2-4-13(9-11)21(19,20)17-12-5-6-12;/h2-4,9-10,12,17H,5-8,15H2,1H3,(H,16,18);1H. The molecule has 1 unspecified atom stereocenters. The Morgan fingerprint density at radius 1 is 1.41 bits per heavy atom. The summed E-state index contributed by atoms with van der Waals surface area (Å²) in [5.41, 5.74) is 5.94. The van der Waals surface area contributed by atoms with Crippen LogP contribution in [0.25, 0.3) is 0 Å². The molecular weight excluding hydrogens is 326 g/mol. The van der Waals surface area contributed by atoms with E-state index in [-0.39, 0.29) is 35.3 Å². The van der Waals surface area contributed by atoms with Crippen LogP contribution in [-0.4, -0.2) is 33.0 Å². The molecule has 22 heavy (non-hydrogen) atoms. The monoisotopic (exact) mass is 347 g/mol. The molecule has 0 aliphatic heterocycles. The third-order valence-corrected chi connectivity index (χ3v) is 4.71. The van der Waals surface area contributed by atoms with Gasteiger partial charge in [0, 0.05) is 24.2 Å². The van der Waals surface area contributed by atoms with Gasteiger partial charge in [-0.05, 0) is 44.4 Å². The molecule has 0 spiro atoms. The molecule has 0 heterocycles. The van der Waals surface area contributed by atoms with E-state index in [9.17, 15) is 13.2 Å². The fourth-order valence-corrected chi connectivity index (χ4v) is 3.16. The molecule has 0 aromatic heterocycles. The van der Waals surface area contributed by atoms with Gasteiger partial charge in [0.05, 0.1) is 4.90 Å². The van der Waals surface area contributed by atoms with E-state index in [1.54, 1.807) is 12.1 Å². The van der Waals surface area contributed by atoms with Crippen molar-refractivity contribution in [1.82, 2.24) is 10.0 Å². The van der Waals surface area contributed by atoms with Crippen LogP contribution in [0.4, 0.5) is 0 Å². The Labute approximate surface area is 137 Å². The normalized spacial score (nSPS) is 15.7. The molecule has 4 N–H and O–H groups in total. The summed E-state index contributed by atoms with van der Waals surface area (Å²) >= 11 is 0. The number of amides is 1. The lowest BCUT2D eigenvalue weighted by molar-refractivity contribution is 0.0952. The second-order valence-electron chi connectivity index (χ2n) is 5.45. The largest absolute Gasteiger partial charge is 0.352 e. The number of nitrogens with two attached hydrogens (primary N) is 1. The summed E-state index contributed by atoms with van der Waals surface area (Å²) in [6, 6.07) is 6.10.